The van der Waals surface area contributed by atoms with Gasteiger partial charge in [-0.3, -0.25) is 0 Å². The van der Waals surface area contributed by atoms with Gasteiger partial charge in [-0.1, -0.05) is 24.3 Å². The monoisotopic (exact) mass is 311 g/mol. The Morgan fingerprint density at radius 3 is 2.61 bits per heavy atom. The van der Waals surface area contributed by atoms with Crippen molar-refractivity contribution in [2.75, 3.05) is 18.1 Å². The van der Waals surface area contributed by atoms with Gasteiger partial charge in [-0.25, -0.2) is 13.9 Å². The van der Waals surface area contributed by atoms with Crippen LogP contribution in [0.2, 0.25) is 0 Å². The Hall–Kier alpha value is -2.56. The van der Waals surface area contributed by atoms with Crippen LogP contribution >= 0.6 is 0 Å². The molecule has 4 nitrogen and oxygen atoms in total. The number of rotatable bonds is 2. The van der Waals surface area contributed by atoms with Crippen molar-refractivity contribution in [3.05, 3.63) is 70.4 Å². The van der Waals surface area contributed by atoms with Gasteiger partial charge in [-0.05, 0) is 48.6 Å². The molecule has 0 spiro atoms. The summed E-state index contributed by atoms with van der Waals surface area (Å²) in [4.78, 5) is 15.1. The van der Waals surface area contributed by atoms with E-state index < -0.39 is 0 Å². The second-order valence-corrected chi connectivity index (χ2v) is 6.04. The van der Waals surface area contributed by atoms with Gasteiger partial charge in [0.05, 0.1) is 11.0 Å². The van der Waals surface area contributed by atoms with Crippen LogP contribution in [0.25, 0.3) is 11.0 Å². The van der Waals surface area contributed by atoms with Gasteiger partial charge < -0.3 is 9.99 Å². The molecule has 0 amide bonds. The van der Waals surface area contributed by atoms with Gasteiger partial charge in [-0.2, -0.15) is 0 Å². The highest BCUT2D eigenvalue weighted by atomic mass is 19.1. The topological polar surface area (TPSA) is 41.0 Å². The molecule has 1 aliphatic heterocycles. The van der Waals surface area contributed by atoms with Gasteiger partial charge in [0, 0.05) is 13.1 Å². The lowest BCUT2D eigenvalue weighted by Crippen LogP contribution is -2.45. The third kappa shape index (κ3) is 2.52. The van der Waals surface area contributed by atoms with E-state index in [2.05, 4.69) is 9.99 Å². The van der Waals surface area contributed by atoms with Crippen LogP contribution in [0, 0.1) is 5.82 Å². The van der Waals surface area contributed by atoms with Crippen LogP contribution in [-0.4, -0.2) is 22.7 Å². The van der Waals surface area contributed by atoms with Crippen LogP contribution < -0.4 is 10.7 Å². The maximum Gasteiger partial charge on any atom is 0.345 e. The summed E-state index contributed by atoms with van der Waals surface area (Å²) in [5.41, 5.74) is 2.71. The molecule has 118 valence electrons. The fraction of sp³-hybridized carbons (Fsp3) is 0.278. The van der Waals surface area contributed by atoms with E-state index in [0.717, 1.165) is 42.5 Å². The van der Waals surface area contributed by atoms with Crippen LogP contribution in [0.3, 0.4) is 0 Å². The number of halogens is 1. The van der Waals surface area contributed by atoms with Crippen molar-refractivity contribution < 1.29 is 4.39 Å². The van der Waals surface area contributed by atoms with E-state index in [1.165, 1.54) is 6.07 Å². The molecule has 1 fully saturated rings. The zero-order valence-electron chi connectivity index (χ0n) is 12.7. The zero-order chi connectivity index (χ0) is 15.8. The minimum absolute atomic E-state index is 0.101. The number of piperidine rings is 1. The molecule has 0 atom stereocenters. The summed E-state index contributed by atoms with van der Waals surface area (Å²) in [5, 5.41) is 2.08. The molecule has 0 radical (unpaired) electrons. The van der Waals surface area contributed by atoms with Gasteiger partial charge in [0.25, 0.3) is 0 Å². The molecule has 2 aromatic carbocycles. The second-order valence-electron chi connectivity index (χ2n) is 6.04. The number of para-hydroxylation sites is 2. The number of nitrogens with zero attached hydrogens (tertiary/aromatic N) is 2. The largest absolute Gasteiger partial charge is 0.345 e. The normalized spacial score (nSPS) is 16.1. The summed E-state index contributed by atoms with van der Waals surface area (Å²) < 4.78 is 15.1. The molecule has 0 aliphatic carbocycles. The molecular formula is C18H18FN3O. The first-order valence-corrected chi connectivity index (χ1v) is 7.93. The van der Waals surface area contributed by atoms with Gasteiger partial charge in [-0.15, -0.1) is 0 Å². The van der Waals surface area contributed by atoms with E-state index in [1.807, 2.05) is 30.3 Å². The van der Waals surface area contributed by atoms with E-state index >= 15 is 0 Å². The summed E-state index contributed by atoms with van der Waals surface area (Å²) in [7, 11) is 0. The quantitative estimate of drug-likeness (QED) is 0.790. The lowest BCUT2D eigenvalue weighted by molar-refractivity contribution is 0.433. The van der Waals surface area contributed by atoms with Crippen molar-refractivity contribution in [3.63, 3.8) is 0 Å². The number of hydrogen-bond acceptors (Lipinski definition) is 2. The number of imidazole rings is 1. The molecule has 1 saturated heterocycles. The van der Waals surface area contributed by atoms with E-state index in [9.17, 15) is 9.18 Å². The first kappa shape index (κ1) is 14.1. The molecule has 0 saturated carbocycles. The summed E-state index contributed by atoms with van der Waals surface area (Å²) in [6.45, 7) is 1.56. The fourth-order valence-electron chi connectivity index (χ4n) is 3.48. The predicted octanol–water partition coefficient (Wildman–Crippen LogP) is 2.98. The summed E-state index contributed by atoms with van der Waals surface area (Å²) in [6.07, 6.45) is 1.82. The number of nitrogens with one attached hydrogen (secondary N) is 1. The number of benzene rings is 2. The Balaban J connectivity index is 1.57. The lowest BCUT2D eigenvalue weighted by Gasteiger charge is -2.34. The Morgan fingerprint density at radius 2 is 1.83 bits per heavy atom. The van der Waals surface area contributed by atoms with Crippen LogP contribution in [0.15, 0.2) is 53.3 Å². The molecule has 1 N–H and O–H groups in total. The van der Waals surface area contributed by atoms with Crippen molar-refractivity contribution in [2.45, 2.75) is 18.8 Å². The molecule has 0 bridgehead atoms. The number of aromatic nitrogens is 2. The fourth-order valence-corrected chi connectivity index (χ4v) is 3.48. The Kier molecular flexibility index (Phi) is 3.41. The first-order valence-electron chi connectivity index (χ1n) is 7.93. The predicted molar refractivity (Wildman–Crippen MR) is 88.9 cm³/mol. The van der Waals surface area contributed by atoms with Gasteiger partial charge >= 0.3 is 5.69 Å². The molecule has 1 aromatic heterocycles. The molecule has 2 heterocycles. The van der Waals surface area contributed by atoms with E-state index in [1.54, 1.807) is 16.8 Å². The lowest BCUT2D eigenvalue weighted by atomic mass is 9.90. The summed E-state index contributed by atoms with van der Waals surface area (Å²) >= 11 is 0. The third-order valence-electron chi connectivity index (χ3n) is 4.64. The van der Waals surface area contributed by atoms with Crippen molar-refractivity contribution in [1.29, 1.82) is 0 Å². The summed E-state index contributed by atoms with van der Waals surface area (Å²) in [6, 6.07) is 14.6. The van der Waals surface area contributed by atoms with Crippen molar-refractivity contribution >= 4 is 11.0 Å². The average molecular weight is 311 g/mol. The van der Waals surface area contributed by atoms with Crippen molar-refractivity contribution in [1.82, 2.24) is 9.66 Å². The number of H-pyrrole nitrogens is 1. The second kappa shape index (κ2) is 5.57. The van der Waals surface area contributed by atoms with Crippen molar-refractivity contribution in [2.24, 2.45) is 0 Å². The molecular weight excluding hydrogens is 293 g/mol. The third-order valence-corrected chi connectivity index (χ3v) is 4.64. The number of aromatic amines is 1. The Bertz CT molecular complexity index is 890. The van der Waals surface area contributed by atoms with E-state index in [0.29, 0.717) is 5.92 Å². The van der Waals surface area contributed by atoms with E-state index in [-0.39, 0.29) is 11.5 Å². The molecule has 5 heteroatoms. The van der Waals surface area contributed by atoms with Crippen molar-refractivity contribution in [3.8, 4) is 0 Å². The zero-order valence-corrected chi connectivity index (χ0v) is 12.7. The molecule has 0 unspecified atom stereocenters. The SMILES string of the molecule is O=c1[nH]c2ccccc2n1N1CCC(c2cccc(F)c2)CC1. The first-order chi connectivity index (χ1) is 11.2. The standard InChI is InChI=1S/C18H18FN3O/c19-15-5-3-4-14(12-15)13-8-10-21(11-9-13)22-17-7-2-1-6-16(17)20-18(22)23/h1-7,12-13H,8-11H2,(H,20,23). The van der Waals surface area contributed by atoms with Gasteiger partial charge in [0.2, 0.25) is 0 Å². The smallest absolute Gasteiger partial charge is 0.308 e. The average Bonchev–Trinajstić information content (AvgIpc) is 2.91. The van der Waals surface area contributed by atoms with Crippen LogP contribution in [0.5, 0.6) is 0 Å². The summed E-state index contributed by atoms with van der Waals surface area (Å²) in [5.74, 6) is 0.167. The maximum atomic E-state index is 13.4. The molecule has 1 aliphatic rings. The molecule has 3 aromatic rings. The highest BCUT2D eigenvalue weighted by Gasteiger charge is 2.23. The molecule has 4 rings (SSSR count). The number of fused-ring (bicyclic) bond motifs is 1. The van der Waals surface area contributed by atoms with Crippen LogP contribution in [-0.2, 0) is 0 Å². The highest BCUT2D eigenvalue weighted by molar-refractivity contribution is 5.75. The van der Waals surface area contributed by atoms with Gasteiger partial charge in [0.1, 0.15) is 5.82 Å². The molecule has 23 heavy (non-hydrogen) atoms. The highest BCUT2D eigenvalue weighted by Crippen LogP contribution is 2.28. The number of hydrogen-bond donors (Lipinski definition) is 1. The minimum Gasteiger partial charge on any atom is -0.308 e. The Labute approximate surface area is 133 Å². The maximum absolute atomic E-state index is 13.4. The minimum atomic E-state index is -0.183. The van der Waals surface area contributed by atoms with E-state index in [4.69, 9.17) is 0 Å². The van der Waals surface area contributed by atoms with Gasteiger partial charge in [0.15, 0.2) is 0 Å². The Morgan fingerprint density at radius 1 is 1.04 bits per heavy atom. The van der Waals surface area contributed by atoms with Crippen LogP contribution in [0.1, 0.15) is 24.3 Å². The van der Waals surface area contributed by atoms with Crippen LogP contribution in [0.4, 0.5) is 4.39 Å².